The van der Waals surface area contributed by atoms with Crippen LogP contribution in [0.4, 0.5) is 10.6 Å². The van der Waals surface area contributed by atoms with E-state index in [1.807, 2.05) is 26.8 Å². The third-order valence-electron chi connectivity index (χ3n) is 3.12. The summed E-state index contributed by atoms with van der Waals surface area (Å²) in [5.41, 5.74) is 4.09. The first-order valence-electron chi connectivity index (χ1n) is 7.52. The standard InChI is InChI=1S/C18H17N3O2S/c1-18(2,3)23-17(22)21-16-15(24-11-20-16)8-7-12-9-13-5-4-6-14(13)19-10-12/h4-5,9-11H,6H2,1-3H3,(H,21,22). The first-order chi connectivity index (χ1) is 11.4. The molecule has 2 aromatic heterocycles. The van der Waals surface area contributed by atoms with Gasteiger partial charge < -0.3 is 4.74 Å². The Bertz CT molecular complexity index is 866. The van der Waals surface area contributed by atoms with Crippen LogP contribution in [-0.2, 0) is 11.2 Å². The molecule has 0 saturated carbocycles. The second-order valence-electron chi connectivity index (χ2n) is 6.27. The van der Waals surface area contributed by atoms with Crippen molar-refractivity contribution >= 4 is 29.3 Å². The monoisotopic (exact) mass is 339 g/mol. The van der Waals surface area contributed by atoms with E-state index in [2.05, 4.69) is 39.3 Å². The highest BCUT2D eigenvalue weighted by atomic mass is 32.1. The summed E-state index contributed by atoms with van der Waals surface area (Å²) < 4.78 is 5.23. The lowest BCUT2D eigenvalue weighted by Crippen LogP contribution is -2.27. The van der Waals surface area contributed by atoms with Crippen LogP contribution in [0.25, 0.3) is 6.08 Å². The fraction of sp³-hybridized carbons (Fsp3) is 0.278. The second kappa shape index (κ2) is 6.46. The van der Waals surface area contributed by atoms with Gasteiger partial charge in [0, 0.05) is 18.2 Å². The van der Waals surface area contributed by atoms with Gasteiger partial charge in [0.05, 0.1) is 11.2 Å². The van der Waals surface area contributed by atoms with Gasteiger partial charge in [-0.15, -0.1) is 11.3 Å². The largest absolute Gasteiger partial charge is 0.444 e. The number of thiazole rings is 1. The number of pyridine rings is 1. The number of anilines is 1. The molecule has 0 spiro atoms. The summed E-state index contributed by atoms with van der Waals surface area (Å²) in [5.74, 6) is 6.52. The number of ether oxygens (including phenoxy) is 1. The lowest BCUT2D eigenvalue weighted by molar-refractivity contribution is 0.0635. The Morgan fingerprint density at radius 2 is 2.17 bits per heavy atom. The van der Waals surface area contributed by atoms with Crippen molar-refractivity contribution in [2.45, 2.75) is 32.8 Å². The highest BCUT2D eigenvalue weighted by Gasteiger charge is 2.17. The van der Waals surface area contributed by atoms with Gasteiger partial charge in [-0.25, -0.2) is 9.78 Å². The molecule has 1 N–H and O–H groups in total. The molecule has 0 fully saturated rings. The number of aromatic nitrogens is 2. The van der Waals surface area contributed by atoms with Gasteiger partial charge in [0.15, 0.2) is 5.82 Å². The zero-order valence-electron chi connectivity index (χ0n) is 13.7. The van der Waals surface area contributed by atoms with Crippen molar-refractivity contribution in [1.29, 1.82) is 0 Å². The van der Waals surface area contributed by atoms with Crippen LogP contribution in [0.2, 0.25) is 0 Å². The van der Waals surface area contributed by atoms with Crippen molar-refractivity contribution in [3.8, 4) is 11.8 Å². The number of hydrogen-bond acceptors (Lipinski definition) is 5. The summed E-state index contributed by atoms with van der Waals surface area (Å²) in [5, 5.41) is 2.63. The topological polar surface area (TPSA) is 64.1 Å². The van der Waals surface area contributed by atoms with Crippen molar-refractivity contribution in [3.63, 3.8) is 0 Å². The van der Waals surface area contributed by atoms with E-state index in [0.717, 1.165) is 23.2 Å². The average molecular weight is 339 g/mol. The van der Waals surface area contributed by atoms with Crippen LogP contribution in [0.1, 0.15) is 42.5 Å². The Labute approximate surface area is 144 Å². The summed E-state index contributed by atoms with van der Waals surface area (Å²) in [4.78, 5) is 21.1. The number of hydrogen-bond donors (Lipinski definition) is 1. The number of nitrogens with one attached hydrogen (secondary N) is 1. The molecule has 0 saturated heterocycles. The highest BCUT2D eigenvalue weighted by molar-refractivity contribution is 7.10. The summed E-state index contributed by atoms with van der Waals surface area (Å²) in [7, 11) is 0. The lowest BCUT2D eigenvalue weighted by atomic mass is 10.2. The molecule has 5 nitrogen and oxygen atoms in total. The number of rotatable bonds is 1. The Hall–Kier alpha value is -2.65. The minimum Gasteiger partial charge on any atom is -0.444 e. The summed E-state index contributed by atoms with van der Waals surface area (Å²) in [6, 6.07) is 2.01. The summed E-state index contributed by atoms with van der Waals surface area (Å²) in [6.45, 7) is 5.43. The molecule has 2 heterocycles. The molecule has 0 bridgehead atoms. The molecular formula is C18H17N3O2S. The zero-order chi connectivity index (χ0) is 17.2. The van der Waals surface area contributed by atoms with E-state index >= 15 is 0 Å². The smallest absolute Gasteiger partial charge is 0.413 e. The van der Waals surface area contributed by atoms with Crippen LogP contribution >= 0.6 is 11.3 Å². The Morgan fingerprint density at radius 1 is 1.33 bits per heavy atom. The van der Waals surface area contributed by atoms with Crippen LogP contribution in [0.15, 0.2) is 23.8 Å². The van der Waals surface area contributed by atoms with E-state index in [9.17, 15) is 4.79 Å². The Kier molecular flexibility index (Phi) is 4.36. The maximum absolute atomic E-state index is 11.8. The normalized spacial score (nSPS) is 12.3. The van der Waals surface area contributed by atoms with Crippen molar-refractivity contribution in [1.82, 2.24) is 9.97 Å². The van der Waals surface area contributed by atoms with E-state index < -0.39 is 11.7 Å². The predicted octanol–water partition coefficient (Wildman–Crippen LogP) is 3.85. The molecule has 1 aliphatic rings. The van der Waals surface area contributed by atoms with Crippen LogP contribution in [0, 0.1) is 11.8 Å². The van der Waals surface area contributed by atoms with E-state index in [0.29, 0.717) is 10.7 Å². The van der Waals surface area contributed by atoms with E-state index in [1.54, 1.807) is 11.7 Å². The third-order valence-corrected chi connectivity index (χ3v) is 3.86. The summed E-state index contributed by atoms with van der Waals surface area (Å²) >= 11 is 1.36. The van der Waals surface area contributed by atoms with Crippen molar-refractivity contribution in [2.75, 3.05) is 5.32 Å². The Morgan fingerprint density at radius 3 is 2.96 bits per heavy atom. The van der Waals surface area contributed by atoms with Gasteiger partial charge in [-0.05, 0) is 38.3 Å². The molecule has 2 aromatic rings. The second-order valence-corrected chi connectivity index (χ2v) is 7.13. The minimum atomic E-state index is -0.560. The number of carbonyl (C=O) groups excluding carboxylic acids is 1. The molecule has 0 radical (unpaired) electrons. The average Bonchev–Trinajstić information content (AvgIpc) is 3.11. The van der Waals surface area contributed by atoms with Gasteiger partial charge in [-0.3, -0.25) is 10.3 Å². The molecule has 0 unspecified atom stereocenters. The van der Waals surface area contributed by atoms with Crippen LogP contribution < -0.4 is 5.32 Å². The minimum absolute atomic E-state index is 0.413. The third kappa shape index (κ3) is 4.00. The van der Waals surface area contributed by atoms with E-state index in [4.69, 9.17) is 4.74 Å². The first-order valence-corrected chi connectivity index (χ1v) is 8.40. The molecule has 122 valence electrons. The van der Waals surface area contributed by atoms with Crippen molar-refractivity contribution < 1.29 is 9.53 Å². The SMILES string of the molecule is CC(C)(C)OC(=O)Nc1ncsc1C#Cc1cnc2c(c1)C=CC2. The van der Waals surface area contributed by atoms with E-state index in [1.165, 1.54) is 11.3 Å². The molecule has 6 heteroatoms. The number of allylic oxidation sites excluding steroid dienone is 1. The highest BCUT2D eigenvalue weighted by Crippen LogP contribution is 2.20. The van der Waals surface area contributed by atoms with Gasteiger partial charge >= 0.3 is 6.09 Å². The van der Waals surface area contributed by atoms with Crippen LogP contribution in [0.3, 0.4) is 0 Å². The number of amides is 1. The first kappa shape index (κ1) is 16.2. The maximum atomic E-state index is 11.8. The quantitative estimate of drug-likeness (QED) is 0.802. The fourth-order valence-corrected chi connectivity index (χ4v) is 2.73. The van der Waals surface area contributed by atoms with Gasteiger partial charge in [0.25, 0.3) is 0 Å². The zero-order valence-corrected chi connectivity index (χ0v) is 14.5. The summed E-state index contributed by atoms with van der Waals surface area (Å²) in [6.07, 6.45) is 6.24. The molecule has 1 amide bonds. The molecule has 24 heavy (non-hydrogen) atoms. The van der Waals surface area contributed by atoms with Crippen molar-refractivity contribution in [2.24, 2.45) is 0 Å². The van der Waals surface area contributed by atoms with Gasteiger partial charge in [-0.1, -0.05) is 18.1 Å². The number of fused-ring (bicyclic) bond motifs is 1. The van der Waals surface area contributed by atoms with E-state index in [-0.39, 0.29) is 0 Å². The fourth-order valence-electron chi connectivity index (χ4n) is 2.14. The Balaban J connectivity index is 1.75. The molecule has 1 aliphatic carbocycles. The molecule has 0 atom stereocenters. The predicted molar refractivity (Wildman–Crippen MR) is 94.9 cm³/mol. The number of carbonyl (C=O) groups is 1. The molecule has 0 aromatic carbocycles. The van der Waals surface area contributed by atoms with Gasteiger partial charge in [0.1, 0.15) is 10.5 Å². The van der Waals surface area contributed by atoms with Crippen molar-refractivity contribution in [3.05, 3.63) is 45.5 Å². The van der Waals surface area contributed by atoms with Gasteiger partial charge in [0.2, 0.25) is 0 Å². The molecule has 3 rings (SSSR count). The maximum Gasteiger partial charge on any atom is 0.413 e. The van der Waals surface area contributed by atoms with Crippen LogP contribution in [0.5, 0.6) is 0 Å². The number of nitrogens with zero attached hydrogens (tertiary/aromatic N) is 2. The lowest BCUT2D eigenvalue weighted by Gasteiger charge is -2.19. The van der Waals surface area contributed by atoms with Gasteiger partial charge in [-0.2, -0.15) is 0 Å². The molecule has 0 aliphatic heterocycles. The van der Waals surface area contributed by atoms with Crippen LogP contribution in [-0.4, -0.2) is 21.7 Å². The molecular weight excluding hydrogens is 322 g/mol.